The molecule has 1 unspecified atom stereocenters. The van der Waals surface area contributed by atoms with Gasteiger partial charge in [-0.05, 0) is 47.0 Å². The number of ether oxygens (including phenoxy) is 2. The van der Waals surface area contributed by atoms with Gasteiger partial charge in [-0.15, -0.1) is 0 Å². The van der Waals surface area contributed by atoms with E-state index in [9.17, 15) is 8.42 Å². The normalized spacial score (nSPS) is 19.6. The summed E-state index contributed by atoms with van der Waals surface area (Å²) in [5.74, 6) is 0.599. The standard InChI is InChI=1S/C12H14BrClO4S/c13-11-8-10(19(14,15)16)3-4-12(11)18-7-5-9-2-1-6-17-9/h3-4,8-9H,1-2,5-7H2. The molecule has 0 N–H and O–H groups in total. The first-order chi connectivity index (χ1) is 8.97. The first-order valence-corrected chi connectivity index (χ1v) is 9.05. The van der Waals surface area contributed by atoms with Crippen molar-refractivity contribution in [1.82, 2.24) is 0 Å². The molecule has 0 aromatic heterocycles. The first kappa shape index (κ1) is 15.1. The third kappa shape index (κ3) is 4.34. The smallest absolute Gasteiger partial charge is 0.261 e. The summed E-state index contributed by atoms with van der Waals surface area (Å²) in [7, 11) is 1.56. The van der Waals surface area contributed by atoms with Gasteiger partial charge >= 0.3 is 0 Å². The zero-order chi connectivity index (χ0) is 13.9. The predicted molar refractivity (Wildman–Crippen MR) is 76.3 cm³/mol. The summed E-state index contributed by atoms with van der Waals surface area (Å²) in [6.07, 6.45) is 3.30. The van der Waals surface area contributed by atoms with Crippen molar-refractivity contribution >= 4 is 35.7 Å². The van der Waals surface area contributed by atoms with Crippen LogP contribution in [-0.4, -0.2) is 27.7 Å². The Labute approximate surface area is 125 Å². The Morgan fingerprint density at radius 1 is 1.47 bits per heavy atom. The Balaban J connectivity index is 1.93. The highest BCUT2D eigenvalue weighted by atomic mass is 79.9. The average molecular weight is 370 g/mol. The summed E-state index contributed by atoms with van der Waals surface area (Å²) in [6.45, 7) is 1.37. The molecular formula is C12H14BrClO4S. The molecule has 7 heteroatoms. The van der Waals surface area contributed by atoms with Crippen LogP contribution >= 0.6 is 26.6 Å². The van der Waals surface area contributed by atoms with Crippen LogP contribution < -0.4 is 4.74 Å². The van der Waals surface area contributed by atoms with Crippen molar-refractivity contribution in [2.24, 2.45) is 0 Å². The zero-order valence-corrected chi connectivity index (χ0v) is 13.3. The molecule has 1 aromatic carbocycles. The number of rotatable bonds is 5. The molecule has 0 spiro atoms. The molecule has 19 heavy (non-hydrogen) atoms. The van der Waals surface area contributed by atoms with Crippen molar-refractivity contribution < 1.29 is 17.9 Å². The van der Waals surface area contributed by atoms with Crippen LogP contribution in [-0.2, 0) is 13.8 Å². The van der Waals surface area contributed by atoms with Gasteiger partial charge in [0.15, 0.2) is 0 Å². The lowest BCUT2D eigenvalue weighted by molar-refractivity contribution is 0.0902. The molecule has 2 rings (SSSR count). The van der Waals surface area contributed by atoms with E-state index in [4.69, 9.17) is 20.2 Å². The Bertz CT molecular complexity index is 541. The molecule has 0 saturated carbocycles. The fraction of sp³-hybridized carbons (Fsp3) is 0.500. The van der Waals surface area contributed by atoms with Crippen LogP contribution in [0, 0.1) is 0 Å². The summed E-state index contributed by atoms with van der Waals surface area (Å²) < 4.78 is 34.0. The molecule has 1 aliphatic rings. The Hall–Kier alpha value is -0.300. The molecule has 1 aromatic rings. The fourth-order valence-electron chi connectivity index (χ4n) is 1.92. The van der Waals surface area contributed by atoms with E-state index in [1.807, 2.05) is 0 Å². The van der Waals surface area contributed by atoms with E-state index >= 15 is 0 Å². The lowest BCUT2D eigenvalue weighted by Crippen LogP contribution is -2.10. The van der Waals surface area contributed by atoms with Gasteiger partial charge in [-0.2, -0.15) is 0 Å². The number of benzene rings is 1. The monoisotopic (exact) mass is 368 g/mol. The lowest BCUT2D eigenvalue weighted by atomic mass is 10.2. The summed E-state index contributed by atoms with van der Waals surface area (Å²) in [4.78, 5) is 0.0486. The summed E-state index contributed by atoms with van der Waals surface area (Å²) in [5, 5.41) is 0. The van der Waals surface area contributed by atoms with E-state index in [0.29, 0.717) is 16.8 Å². The molecule has 1 heterocycles. The highest BCUT2D eigenvalue weighted by Gasteiger charge is 2.16. The van der Waals surface area contributed by atoms with Gasteiger partial charge in [-0.3, -0.25) is 0 Å². The van der Waals surface area contributed by atoms with Gasteiger partial charge in [-0.1, -0.05) is 0 Å². The minimum atomic E-state index is -3.71. The number of hydrogen-bond acceptors (Lipinski definition) is 4. The van der Waals surface area contributed by atoms with Gasteiger partial charge in [0.1, 0.15) is 5.75 Å². The van der Waals surface area contributed by atoms with E-state index in [0.717, 1.165) is 25.9 Å². The van der Waals surface area contributed by atoms with Gasteiger partial charge in [0.05, 0.1) is 22.1 Å². The highest BCUT2D eigenvalue weighted by molar-refractivity contribution is 9.10. The Morgan fingerprint density at radius 2 is 2.26 bits per heavy atom. The minimum Gasteiger partial charge on any atom is -0.492 e. The van der Waals surface area contributed by atoms with Gasteiger partial charge in [0.25, 0.3) is 9.05 Å². The van der Waals surface area contributed by atoms with Crippen LogP contribution in [0.5, 0.6) is 5.75 Å². The van der Waals surface area contributed by atoms with Crippen LogP contribution in [0.3, 0.4) is 0 Å². The molecule has 0 amide bonds. The predicted octanol–water partition coefficient (Wildman–Crippen LogP) is 3.32. The van der Waals surface area contributed by atoms with Gasteiger partial charge < -0.3 is 9.47 Å². The summed E-state index contributed by atoms with van der Waals surface area (Å²) >= 11 is 3.27. The number of hydrogen-bond donors (Lipinski definition) is 0. The van der Waals surface area contributed by atoms with Crippen molar-refractivity contribution in [3.63, 3.8) is 0 Å². The molecule has 0 aliphatic carbocycles. The summed E-state index contributed by atoms with van der Waals surface area (Å²) in [6, 6.07) is 4.45. The van der Waals surface area contributed by atoms with Crippen LogP contribution in [0.15, 0.2) is 27.6 Å². The van der Waals surface area contributed by atoms with Crippen LogP contribution in [0.25, 0.3) is 0 Å². The van der Waals surface area contributed by atoms with Crippen molar-refractivity contribution in [2.75, 3.05) is 13.2 Å². The molecule has 4 nitrogen and oxygen atoms in total. The van der Waals surface area contributed by atoms with Crippen LogP contribution in [0.1, 0.15) is 19.3 Å². The van der Waals surface area contributed by atoms with E-state index < -0.39 is 9.05 Å². The average Bonchev–Trinajstić information content (AvgIpc) is 2.83. The van der Waals surface area contributed by atoms with Crippen molar-refractivity contribution in [3.8, 4) is 5.75 Å². The first-order valence-electron chi connectivity index (χ1n) is 5.95. The van der Waals surface area contributed by atoms with Crippen molar-refractivity contribution in [3.05, 3.63) is 22.7 Å². The summed E-state index contributed by atoms with van der Waals surface area (Å²) in [5.41, 5.74) is 0. The maximum Gasteiger partial charge on any atom is 0.261 e. The van der Waals surface area contributed by atoms with Crippen LogP contribution in [0.2, 0.25) is 0 Å². The van der Waals surface area contributed by atoms with Gasteiger partial charge in [0.2, 0.25) is 0 Å². The lowest BCUT2D eigenvalue weighted by Gasteiger charge is -2.12. The number of halogens is 2. The minimum absolute atomic E-state index is 0.0486. The molecule has 1 atom stereocenters. The molecule has 106 valence electrons. The van der Waals surface area contributed by atoms with E-state index in [1.165, 1.54) is 12.1 Å². The second-order valence-electron chi connectivity index (χ2n) is 4.30. The van der Waals surface area contributed by atoms with E-state index in [2.05, 4.69) is 15.9 Å². The molecule has 0 radical (unpaired) electrons. The van der Waals surface area contributed by atoms with Gasteiger partial charge in [-0.25, -0.2) is 8.42 Å². The topological polar surface area (TPSA) is 52.6 Å². The van der Waals surface area contributed by atoms with Crippen molar-refractivity contribution in [1.29, 1.82) is 0 Å². The van der Waals surface area contributed by atoms with E-state index in [1.54, 1.807) is 6.07 Å². The zero-order valence-electron chi connectivity index (χ0n) is 10.1. The molecule has 1 fully saturated rings. The second-order valence-corrected chi connectivity index (χ2v) is 7.72. The highest BCUT2D eigenvalue weighted by Crippen LogP contribution is 2.29. The third-order valence-corrected chi connectivity index (χ3v) is 4.88. The maximum absolute atomic E-state index is 11.2. The Morgan fingerprint density at radius 3 is 2.84 bits per heavy atom. The Kier molecular flexibility index (Phi) is 5.11. The quantitative estimate of drug-likeness (QED) is 0.747. The molecule has 1 aliphatic heterocycles. The maximum atomic E-state index is 11.2. The molecule has 1 saturated heterocycles. The second kappa shape index (κ2) is 6.43. The van der Waals surface area contributed by atoms with E-state index in [-0.39, 0.29) is 11.0 Å². The third-order valence-electron chi connectivity index (χ3n) is 2.91. The largest absolute Gasteiger partial charge is 0.492 e. The van der Waals surface area contributed by atoms with Crippen LogP contribution in [0.4, 0.5) is 0 Å². The molecule has 0 bridgehead atoms. The molecular weight excluding hydrogens is 356 g/mol. The SMILES string of the molecule is O=S(=O)(Cl)c1ccc(OCCC2CCCO2)c(Br)c1. The fourth-order valence-corrected chi connectivity index (χ4v) is 3.34. The van der Waals surface area contributed by atoms with Crippen molar-refractivity contribution in [2.45, 2.75) is 30.3 Å². The van der Waals surface area contributed by atoms with Gasteiger partial charge in [0, 0.05) is 23.7 Å².